The Kier molecular flexibility index (Phi) is 8.13. The molecule has 1 N–H and O–H groups in total. The lowest BCUT2D eigenvalue weighted by molar-refractivity contribution is 0.268. The van der Waals surface area contributed by atoms with Crippen molar-refractivity contribution in [3.63, 3.8) is 0 Å². The molecule has 1 aliphatic carbocycles. The molecule has 3 atom stereocenters. The first-order valence-corrected chi connectivity index (χ1v) is 16.4. The van der Waals surface area contributed by atoms with E-state index in [2.05, 4.69) is 138 Å². The Bertz CT molecular complexity index is 1870. The third-order valence-electron chi connectivity index (χ3n) is 8.72. The van der Waals surface area contributed by atoms with Crippen LogP contribution >= 0.6 is 22.6 Å². The van der Waals surface area contributed by atoms with Crippen LogP contribution in [0, 0.1) is 16.4 Å². The SMILES string of the molecule is CCOc1cc(C=Nc2ccc([C@@H]3Nc4ccc(C)cc4[C@H]4C=CC[C@@H]43)cc2)cc(I)c1OCc1cccc2ccccc12. The number of anilines is 1. The van der Waals surface area contributed by atoms with Gasteiger partial charge in [-0.25, -0.2) is 0 Å². The summed E-state index contributed by atoms with van der Waals surface area (Å²) in [7, 11) is 0. The number of hydrogen-bond donors (Lipinski definition) is 1. The molecule has 5 aromatic rings. The average molecular weight is 691 g/mol. The van der Waals surface area contributed by atoms with Gasteiger partial charge in [-0.15, -0.1) is 0 Å². The average Bonchev–Trinajstić information content (AvgIpc) is 3.54. The Labute approximate surface area is 273 Å². The fourth-order valence-electron chi connectivity index (χ4n) is 6.59. The smallest absolute Gasteiger partial charge is 0.175 e. The van der Waals surface area contributed by atoms with E-state index in [1.54, 1.807) is 0 Å². The van der Waals surface area contributed by atoms with Crippen LogP contribution in [0.2, 0.25) is 0 Å². The van der Waals surface area contributed by atoms with Crippen LogP contribution in [-0.4, -0.2) is 12.8 Å². The van der Waals surface area contributed by atoms with Crippen molar-refractivity contribution in [1.82, 2.24) is 0 Å². The summed E-state index contributed by atoms with van der Waals surface area (Å²) in [4.78, 5) is 4.82. The Balaban J connectivity index is 1.08. The van der Waals surface area contributed by atoms with Crippen molar-refractivity contribution in [3.8, 4) is 11.5 Å². The summed E-state index contributed by atoms with van der Waals surface area (Å²) in [5.74, 6) is 2.49. The van der Waals surface area contributed by atoms with Crippen LogP contribution in [0.3, 0.4) is 0 Å². The van der Waals surface area contributed by atoms with Crippen LogP contribution in [0.1, 0.15) is 53.1 Å². The summed E-state index contributed by atoms with van der Waals surface area (Å²) < 4.78 is 13.4. The lowest BCUT2D eigenvalue weighted by atomic mass is 9.76. The molecule has 0 fully saturated rings. The molecule has 7 rings (SSSR count). The van der Waals surface area contributed by atoms with Gasteiger partial charge in [-0.05, 0) is 112 Å². The number of allylic oxidation sites excluding steroid dienone is 2. The monoisotopic (exact) mass is 690 g/mol. The second-order valence-electron chi connectivity index (χ2n) is 11.6. The fourth-order valence-corrected chi connectivity index (χ4v) is 7.38. The van der Waals surface area contributed by atoms with E-state index < -0.39 is 0 Å². The lowest BCUT2D eigenvalue weighted by Crippen LogP contribution is -2.29. The van der Waals surface area contributed by atoms with E-state index in [-0.39, 0.29) is 6.04 Å². The molecule has 0 radical (unpaired) electrons. The number of rotatable bonds is 8. The predicted octanol–water partition coefficient (Wildman–Crippen LogP) is 10.3. The molecule has 0 spiro atoms. The van der Waals surface area contributed by atoms with Crippen molar-refractivity contribution < 1.29 is 9.47 Å². The van der Waals surface area contributed by atoms with E-state index >= 15 is 0 Å². The van der Waals surface area contributed by atoms with Gasteiger partial charge >= 0.3 is 0 Å². The van der Waals surface area contributed by atoms with Crippen LogP contribution in [-0.2, 0) is 6.61 Å². The van der Waals surface area contributed by atoms with Gasteiger partial charge in [0.1, 0.15) is 6.61 Å². The van der Waals surface area contributed by atoms with Gasteiger partial charge in [-0.1, -0.05) is 84.4 Å². The minimum absolute atomic E-state index is 0.278. The topological polar surface area (TPSA) is 42.8 Å². The molecule has 0 saturated carbocycles. The van der Waals surface area contributed by atoms with E-state index in [1.165, 1.54) is 33.2 Å². The zero-order chi connectivity index (χ0) is 30.0. The molecule has 0 saturated heterocycles. The molecule has 0 aromatic heterocycles. The van der Waals surface area contributed by atoms with E-state index in [9.17, 15) is 0 Å². The number of nitrogens with zero attached hydrogens (tertiary/aromatic N) is 1. The van der Waals surface area contributed by atoms with Crippen LogP contribution in [0.25, 0.3) is 10.8 Å². The summed E-state index contributed by atoms with van der Waals surface area (Å²) in [5, 5.41) is 6.26. The molecule has 0 unspecified atom stereocenters. The van der Waals surface area contributed by atoms with Gasteiger partial charge in [0.05, 0.1) is 21.9 Å². The highest BCUT2D eigenvalue weighted by Crippen LogP contribution is 2.50. The number of aliphatic imine (C=N–C) groups is 1. The van der Waals surface area contributed by atoms with Crippen LogP contribution in [0.4, 0.5) is 11.4 Å². The maximum Gasteiger partial charge on any atom is 0.175 e. The van der Waals surface area contributed by atoms with Gasteiger partial charge in [0.25, 0.3) is 0 Å². The number of halogens is 1. The van der Waals surface area contributed by atoms with Gasteiger partial charge < -0.3 is 14.8 Å². The van der Waals surface area contributed by atoms with Crippen molar-refractivity contribution in [2.45, 2.75) is 38.8 Å². The summed E-state index contributed by atoms with van der Waals surface area (Å²) >= 11 is 2.33. The first-order valence-electron chi connectivity index (χ1n) is 15.3. The van der Waals surface area contributed by atoms with E-state index in [0.29, 0.717) is 25.0 Å². The second-order valence-corrected chi connectivity index (χ2v) is 12.8. The summed E-state index contributed by atoms with van der Waals surface area (Å²) in [5.41, 5.74) is 8.34. The van der Waals surface area contributed by atoms with Crippen LogP contribution in [0.5, 0.6) is 11.5 Å². The molecule has 220 valence electrons. The number of benzene rings is 5. The summed E-state index contributed by atoms with van der Waals surface area (Å²) in [6, 6.07) is 34.6. The van der Waals surface area contributed by atoms with Gasteiger partial charge in [-0.3, -0.25) is 4.99 Å². The number of ether oxygens (including phenoxy) is 2. The normalized spacial score (nSPS) is 18.7. The first kappa shape index (κ1) is 28.7. The number of fused-ring (bicyclic) bond motifs is 4. The highest BCUT2D eigenvalue weighted by molar-refractivity contribution is 14.1. The third-order valence-corrected chi connectivity index (χ3v) is 9.52. The quantitative estimate of drug-likeness (QED) is 0.100. The van der Waals surface area contributed by atoms with Gasteiger partial charge in [0.15, 0.2) is 11.5 Å². The Morgan fingerprint density at radius 3 is 2.64 bits per heavy atom. The first-order chi connectivity index (χ1) is 21.6. The predicted molar refractivity (Wildman–Crippen MR) is 190 cm³/mol. The molecule has 1 heterocycles. The Hall–Kier alpha value is -4.10. The minimum Gasteiger partial charge on any atom is -0.490 e. The Morgan fingerprint density at radius 2 is 1.77 bits per heavy atom. The van der Waals surface area contributed by atoms with E-state index in [1.807, 2.05) is 19.2 Å². The standard InChI is InChI=1S/C39H35IN2O2/c1-3-43-37-22-26(21-35(40)39(37)44-24-29-10-6-9-27-8-4-5-11-31(27)29)23-41-30-17-15-28(16-18-30)38-33-13-7-12-32(33)34-20-25(2)14-19-36(34)42-38/h4-12,14-23,32-33,38,42H,3,13,24H2,1-2H3/t32-,33-,38-/m0/s1. The minimum atomic E-state index is 0.278. The number of hydrogen-bond acceptors (Lipinski definition) is 4. The van der Waals surface area contributed by atoms with Crippen molar-refractivity contribution in [3.05, 3.63) is 141 Å². The third kappa shape index (κ3) is 5.73. The zero-order valence-electron chi connectivity index (χ0n) is 25.0. The van der Waals surface area contributed by atoms with E-state index in [0.717, 1.165) is 38.3 Å². The molecular formula is C39H35IN2O2. The largest absolute Gasteiger partial charge is 0.490 e. The number of nitrogens with one attached hydrogen (secondary N) is 1. The van der Waals surface area contributed by atoms with Crippen molar-refractivity contribution in [2.24, 2.45) is 10.9 Å². The van der Waals surface area contributed by atoms with E-state index in [4.69, 9.17) is 14.5 Å². The highest BCUT2D eigenvalue weighted by Gasteiger charge is 2.37. The highest BCUT2D eigenvalue weighted by atomic mass is 127. The second kappa shape index (κ2) is 12.5. The van der Waals surface area contributed by atoms with Gasteiger partial charge in [-0.2, -0.15) is 0 Å². The molecule has 1 aliphatic heterocycles. The van der Waals surface area contributed by atoms with Gasteiger partial charge in [0, 0.05) is 17.8 Å². The molecule has 5 aromatic carbocycles. The molecule has 2 aliphatic rings. The van der Waals surface area contributed by atoms with Crippen LogP contribution in [0.15, 0.2) is 114 Å². The van der Waals surface area contributed by atoms with Crippen LogP contribution < -0.4 is 14.8 Å². The molecule has 4 nitrogen and oxygen atoms in total. The summed E-state index contributed by atoms with van der Waals surface area (Å²) in [6.07, 6.45) is 7.74. The van der Waals surface area contributed by atoms with Crippen molar-refractivity contribution >= 4 is 51.0 Å². The molecule has 0 amide bonds. The molecule has 0 bridgehead atoms. The Morgan fingerprint density at radius 1 is 0.932 bits per heavy atom. The fraction of sp³-hybridized carbons (Fsp3) is 0.205. The maximum absolute atomic E-state index is 6.37. The molecular weight excluding hydrogens is 655 g/mol. The zero-order valence-corrected chi connectivity index (χ0v) is 27.1. The summed E-state index contributed by atoms with van der Waals surface area (Å²) in [6.45, 7) is 5.19. The van der Waals surface area contributed by atoms with Gasteiger partial charge in [0.2, 0.25) is 0 Å². The van der Waals surface area contributed by atoms with Crippen molar-refractivity contribution in [2.75, 3.05) is 11.9 Å². The number of aryl methyl sites for hydroxylation is 1. The van der Waals surface area contributed by atoms with Crippen molar-refractivity contribution in [1.29, 1.82) is 0 Å². The lowest BCUT2D eigenvalue weighted by Gasteiger charge is -2.37. The maximum atomic E-state index is 6.37. The molecule has 44 heavy (non-hydrogen) atoms. The molecule has 5 heteroatoms.